The average molecular weight is 143 g/mol. The van der Waals surface area contributed by atoms with E-state index in [1.54, 1.807) is 0 Å². The van der Waals surface area contributed by atoms with Gasteiger partial charge in [-0.15, -0.1) is 0 Å². The van der Waals surface area contributed by atoms with Gasteiger partial charge >= 0.3 is 0 Å². The van der Waals surface area contributed by atoms with Crippen LogP contribution in [0.4, 0.5) is 0 Å². The van der Waals surface area contributed by atoms with E-state index < -0.39 is 0 Å². The summed E-state index contributed by atoms with van der Waals surface area (Å²) < 4.78 is 5.41. The molecule has 1 aliphatic heterocycles. The molecule has 1 aliphatic rings. The van der Waals surface area contributed by atoms with E-state index in [1.807, 2.05) is 0 Å². The van der Waals surface area contributed by atoms with Crippen molar-refractivity contribution in [2.45, 2.75) is 38.8 Å². The molecule has 2 nitrogen and oxygen atoms in total. The fraction of sp³-hybridized carbons (Fsp3) is 1.00. The molecule has 0 bridgehead atoms. The summed E-state index contributed by atoms with van der Waals surface area (Å²) in [4.78, 5) is 0. The molecule has 1 heterocycles. The van der Waals surface area contributed by atoms with Crippen LogP contribution in [-0.4, -0.2) is 25.3 Å². The first-order valence-electron chi connectivity index (χ1n) is 4.18. The summed E-state index contributed by atoms with van der Waals surface area (Å²) in [7, 11) is 0. The van der Waals surface area contributed by atoms with E-state index in [-0.39, 0.29) is 0 Å². The summed E-state index contributed by atoms with van der Waals surface area (Å²) in [6.07, 6.45) is 2.81. The number of ether oxygens (including phenoxy) is 1. The molecule has 0 amide bonds. The third-order valence-electron chi connectivity index (χ3n) is 1.98. The molecule has 0 saturated carbocycles. The molecule has 60 valence electrons. The minimum Gasteiger partial charge on any atom is -0.378 e. The summed E-state index contributed by atoms with van der Waals surface area (Å²) in [6, 6.07) is 0.703. The monoisotopic (exact) mass is 143 g/mol. The zero-order chi connectivity index (χ0) is 7.40. The first-order valence-corrected chi connectivity index (χ1v) is 4.18. The molecule has 1 rings (SSSR count). The smallest absolute Gasteiger partial charge is 0.0561 e. The Morgan fingerprint density at radius 3 is 3.00 bits per heavy atom. The molecular formula is C8H17NO. The lowest BCUT2D eigenvalue weighted by molar-refractivity contribution is 0.0137. The lowest BCUT2D eigenvalue weighted by Crippen LogP contribution is -2.37. The molecule has 0 aromatic carbocycles. The Morgan fingerprint density at radius 1 is 1.60 bits per heavy atom. The molecule has 0 unspecified atom stereocenters. The predicted octanol–water partition coefficient (Wildman–Crippen LogP) is 1.16. The van der Waals surface area contributed by atoms with Crippen molar-refractivity contribution in [1.82, 2.24) is 5.32 Å². The van der Waals surface area contributed by atoms with Crippen LogP contribution in [0, 0.1) is 0 Å². The van der Waals surface area contributed by atoms with Gasteiger partial charge in [-0.25, -0.2) is 0 Å². The Kier molecular flexibility index (Phi) is 3.16. The van der Waals surface area contributed by atoms with Crippen molar-refractivity contribution < 1.29 is 4.74 Å². The lowest BCUT2D eigenvalue weighted by Gasteiger charge is -2.27. The highest BCUT2D eigenvalue weighted by atomic mass is 16.5. The highest BCUT2D eigenvalue weighted by Gasteiger charge is 2.17. The summed E-state index contributed by atoms with van der Waals surface area (Å²) in [5.41, 5.74) is 0. The van der Waals surface area contributed by atoms with Gasteiger partial charge in [0.25, 0.3) is 0 Å². The van der Waals surface area contributed by atoms with Gasteiger partial charge in [0.1, 0.15) is 0 Å². The van der Waals surface area contributed by atoms with Crippen molar-refractivity contribution in [3.63, 3.8) is 0 Å². The summed E-state index contributed by atoms with van der Waals surface area (Å²) in [6.45, 7) is 6.31. The lowest BCUT2D eigenvalue weighted by atomic mass is 10.0. The Morgan fingerprint density at radius 2 is 2.40 bits per heavy atom. The molecule has 1 fully saturated rings. The Hall–Kier alpha value is -0.0800. The fourth-order valence-electron chi connectivity index (χ4n) is 1.47. The van der Waals surface area contributed by atoms with Crippen molar-refractivity contribution in [3.05, 3.63) is 0 Å². The Labute approximate surface area is 63.0 Å². The van der Waals surface area contributed by atoms with Crippen LogP contribution < -0.4 is 5.32 Å². The summed E-state index contributed by atoms with van der Waals surface area (Å²) in [5.74, 6) is 0. The largest absolute Gasteiger partial charge is 0.378 e. The SMILES string of the molecule is CCN[C@@H]1CCO[C@H](C)C1. The third-order valence-corrected chi connectivity index (χ3v) is 1.98. The van der Waals surface area contributed by atoms with E-state index in [9.17, 15) is 0 Å². The van der Waals surface area contributed by atoms with Crippen LogP contribution in [0.15, 0.2) is 0 Å². The maximum Gasteiger partial charge on any atom is 0.0561 e. The van der Waals surface area contributed by atoms with E-state index in [0.29, 0.717) is 12.1 Å². The van der Waals surface area contributed by atoms with E-state index in [0.717, 1.165) is 13.2 Å². The Balaban J connectivity index is 2.18. The molecular weight excluding hydrogens is 126 g/mol. The van der Waals surface area contributed by atoms with E-state index in [4.69, 9.17) is 4.74 Å². The first kappa shape index (κ1) is 8.02. The number of nitrogens with one attached hydrogen (secondary N) is 1. The van der Waals surface area contributed by atoms with Gasteiger partial charge in [0.15, 0.2) is 0 Å². The molecule has 0 aromatic rings. The normalized spacial score (nSPS) is 34.2. The van der Waals surface area contributed by atoms with Gasteiger partial charge in [0, 0.05) is 12.6 Å². The maximum absolute atomic E-state index is 5.41. The first-order chi connectivity index (χ1) is 4.83. The number of rotatable bonds is 2. The average Bonchev–Trinajstić information content (AvgIpc) is 1.88. The predicted molar refractivity (Wildman–Crippen MR) is 42.1 cm³/mol. The quantitative estimate of drug-likeness (QED) is 0.626. The third kappa shape index (κ3) is 2.27. The van der Waals surface area contributed by atoms with Crippen LogP contribution in [-0.2, 0) is 4.74 Å². The van der Waals surface area contributed by atoms with E-state index in [1.165, 1.54) is 12.8 Å². The van der Waals surface area contributed by atoms with E-state index >= 15 is 0 Å². The Bertz CT molecular complexity index is 93.3. The molecule has 1 N–H and O–H groups in total. The van der Waals surface area contributed by atoms with Gasteiger partial charge in [0.2, 0.25) is 0 Å². The van der Waals surface area contributed by atoms with Crippen molar-refractivity contribution in [2.75, 3.05) is 13.2 Å². The van der Waals surface area contributed by atoms with Crippen LogP contribution in [0.1, 0.15) is 26.7 Å². The zero-order valence-electron chi connectivity index (χ0n) is 6.89. The van der Waals surface area contributed by atoms with Crippen LogP contribution >= 0.6 is 0 Å². The highest BCUT2D eigenvalue weighted by molar-refractivity contribution is 4.73. The summed E-state index contributed by atoms with van der Waals surface area (Å²) >= 11 is 0. The fourth-order valence-corrected chi connectivity index (χ4v) is 1.47. The van der Waals surface area contributed by atoms with Gasteiger partial charge in [-0.2, -0.15) is 0 Å². The van der Waals surface area contributed by atoms with Crippen molar-refractivity contribution in [1.29, 1.82) is 0 Å². The maximum atomic E-state index is 5.41. The second-order valence-corrected chi connectivity index (χ2v) is 2.96. The van der Waals surface area contributed by atoms with E-state index in [2.05, 4.69) is 19.2 Å². The molecule has 0 aliphatic carbocycles. The topological polar surface area (TPSA) is 21.3 Å². The van der Waals surface area contributed by atoms with Crippen LogP contribution in [0.25, 0.3) is 0 Å². The van der Waals surface area contributed by atoms with Crippen LogP contribution in [0.5, 0.6) is 0 Å². The second-order valence-electron chi connectivity index (χ2n) is 2.96. The van der Waals surface area contributed by atoms with Crippen LogP contribution in [0.3, 0.4) is 0 Å². The van der Waals surface area contributed by atoms with Gasteiger partial charge < -0.3 is 10.1 Å². The molecule has 0 aromatic heterocycles. The van der Waals surface area contributed by atoms with Crippen molar-refractivity contribution >= 4 is 0 Å². The summed E-state index contributed by atoms with van der Waals surface area (Å²) in [5, 5.41) is 3.43. The second kappa shape index (κ2) is 3.94. The molecule has 2 heteroatoms. The van der Waals surface area contributed by atoms with Gasteiger partial charge in [-0.1, -0.05) is 6.92 Å². The number of hydrogen-bond donors (Lipinski definition) is 1. The molecule has 0 spiro atoms. The minimum absolute atomic E-state index is 0.456. The highest BCUT2D eigenvalue weighted by Crippen LogP contribution is 2.12. The molecule has 0 radical (unpaired) electrons. The minimum atomic E-state index is 0.456. The molecule has 1 saturated heterocycles. The van der Waals surface area contributed by atoms with Crippen molar-refractivity contribution in [3.8, 4) is 0 Å². The molecule has 10 heavy (non-hydrogen) atoms. The van der Waals surface area contributed by atoms with Gasteiger partial charge in [-0.3, -0.25) is 0 Å². The standard InChI is InChI=1S/C8H17NO/c1-3-9-8-4-5-10-7(2)6-8/h7-9H,3-6H2,1-2H3/t7-,8-/m1/s1. The van der Waals surface area contributed by atoms with Gasteiger partial charge in [0.05, 0.1) is 6.10 Å². The molecule has 2 atom stereocenters. The van der Waals surface area contributed by atoms with Crippen molar-refractivity contribution in [2.24, 2.45) is 0 Å². The van der Waals surface area contributed by atoms with Crippen LogP contribution in [0.2, 0.25) is 0 Å². The van der Waals surface area contributed by atoms with Gasteiger partial charge in [-0.05, 0) is 26.3 Å². The zero-order valence-corrected chi connectivity index (χ0v) is 6.89. The number of hydrogen-bond acceptors (Lipinski definition) is 2.